The normalized spacial score (nSPS) is 13.6. The quantitative estimate of drug-likeness (QED) is 0.892. The monoisotopic (exact) mass is 321 g/mol. The zero-order chi connectivity index (χ0) is 14.8. The number of benzene rings is 1. The summed E-state index contributed by atoms with van der Waals surface area (Å²) in [5, 5.41) is 7.04. The number of nitrogens with one attached hydrogen (secondary N) is 2. The van der Waals surface area contributed by atoms with Crippen LogP contribution in [0.4, 0.5) is 5.69 Å². The van der Waals surface area contributed by atoms with Crippen LogP contribution in [0, 0.1) is 0 Å². The van der Waals surface area contributed by atoms with E-state index in [0.717, 1.165) is 30.6 Å². The number of carbonyl (C=O) groups excluding carboxylic acids is 1. The summed E-state index contributed by atoms with van der Waals surface area (Å²) >= 11 is 12.0. The highest BCUT2D eigenvalue weighted by Crippen LogP contribution is 2.26. The number of pyridine rings is 1. The van der Waals surface area contributed by atoms with Crippen LogP contribution >= 0.6 is 23.2 Å². The van der Waals surface area contributed by atoms with Gasteiger partial charge in [0.05, 0.1) is 16.3 Å². The van der Waals surface area contributed by atoms with Gasteiger partial charge in [0, 0.05) is 24.0 Å². The minimum absolute atomic E-state index is 0.217. The SMILES string of the molecule is O=C(Nc1cc(Cl)ccc1Cl)c1cncc2c1CCNC2. The van der Waals surface area contributed by atoms with Crippen molar-refractivity contribution >= 4 is 34.8 Å². The maximum Gasteiger partial charge on any atom is 0.257 e. The van der Waals surface area contributed by atoms with Crippen LogP contribution in [0.15, 0.2) is 30.6 Å². The molecule has 2 heterocycles. The van der Waals surface area contributed by atoms with Crippen LogP contribution in [0.3, 0.4) is 0 Å². The van der Waals surface area contributed by atoms with Crippen LogP contribution in [0.25, 0.3) is 0 Å². The Balaban J connectivity index is 1.91. The minimum atomic E-state index is -0.217. The molecule has 0 saturated heterocycles. The number of aromatic nitrogens is 1. The van der Waals surface area contributed by atoms with E-state index in [1.807, 2.05) is 0 Å². The number of carbonyl (C=O) groups is 1. The Morgan fingerprint density at radius 2 is 2.14 bits per heavy atom. The number of hydrogen-bond acceptors (Lipinski definition) is 3. The predicted octanol–water partition coefficient (Wildman–Crippen LogP) is 3.29. The van der Waals surface area contributed by atoms with Gasteiger partial charge in [0.1, 0.15) is 0 Å². The van der Waals surface area contributed by atoms with Gasteiger partial charge in [-0.05, 0) is 42.3 Å². The van der Waals surface area contributed by atoms with Gasteiger partial charge in [-0.25, -0.2) is 0 Å². The Morgan fingerprint density at radius 1 is 1.29 bits per heavy atom. The molecule has 1 aromatic heterocycles. The highest BCUT2D eigenvalue weighted by molar-refractivity contribution is 6.35. The molecule has 0 spiro atoms. The van der Waals surface area contributed by atoms with Gasteiger partial charge in [-0.3, -0.25) is 9.78 Å². The summed E-state index contributed by atoms with van der Waals surface area (Å²) < 4.78 is 0. The molecule has 21 heavy (non-hydrogen) atoms. The molecule has 108 valence electrons. The third-order valence-corrected chi connectivity index (χ3v) is 4.00. The highest BCUT2D eigenvalue weighted by atomic mass is 35.5. The fourth-order valence-corrected chi connectivity index (χ4v) is 2.73. The summed E-state index contributed by atoms with van der Waals surface area (Å²) in [6, 6.07) is 4.96. The number of halogens is 2. The van der Waals surface area contributed by atoms with Crippen LogP contribution in [-0.2, 0) is 13.0 Å². The molecule has 2 aromatic rings. The zero-order valence-electron chi connectivity index (χ0n) is 11.1. The summed E-state index contributed by atoms with van der Waals surface area (Å²) in [5.74, 6) is -0.217. The van der Waals surface area contributed by atoms with E-state index < -0.39 is 0 Å². The standard InChI is InChI=1S/C15H13Cl2N3O/c16-10-1-2-13(17)14(5-10)20-15(21)12-8-19-7-9-6-18-4-3-11(9)12/h1-2,5,7-8,18H,3-4,6H2,(H,20,21). The van der Waals surface area contributed by atoms with E-state index in [1.165, 1.54) is 0 Å². The van der Waals surface area contributed by atoms with Gasteiger partial charge in [-0.1, -0.05) is 23.2 Å². The molecular formula is C15H13Cl2N3O. The molecule has 1 aliphatic rings. The first-order valence-electron chi connectivity index (χ1n) is 6.58. The number of anilines is 1. The lowest BCUT2D eigenvalue weighted by atomic mass is 9.98. The number of amides is 1. The van der Waals surface area contributed by atoms with Crippen molar-refractivity contribution < 1.29 is 4.79 Å². The fraction of sp³-hybridized carbons (Fsp3) is 0.200. The Hall–Kier alpha value is -1.62. The summed E-state index contributed by atoms with van der Waals surface area (Å²) in [4.78, 5) is 16.6. The first kappa shape index (κ1) is 14.3. The van der Waals surface area contributed by atoms with Gasteiger partial charge < -0.3 is 10.6 Å². The molecule has 0 radical (unpaired) electrons. The summed E-state index contributed by atoms with van der Waals surface area (Å²) in [5.41, 5.74) is 3.19. The van der Waals surface area contributed by atoms with Crippen molar-refractivity contribution in [1.29, 1.82) is 0 Å². The smallest absolute Gasteiger partial charge is 0.257 e. The number of rotatable bonds is 2. The van der Waals surface area contributed by atoms with Gasteiger partial charge in [0.2, 0.25) is 0 Å². The lowest BCUT2D eigenvalue weighted by molar-refractivity contribution is 0.102. The van der Waals surface area contributed by atoms with Gasteiger partial charge >= 0.3 is 0 Å². The third kappa shape index (κ3) is 3.02. The second-order valence-electron chi connectivity index (χ2n) is 4.83. The third-order valence-electron chi connectivity index (χ3n) is 3.44. The molecule has 1 amide bonds. The van der Waals surface area contributed by atoms with E-state index in [2.05, 4.69) is 15.6 Å². The summed E-state index contributed by atoms with van der Waals surface area (Å²) in [6.07, 6.45) is 4.20. The van der Waals surface area contributed by atoms with Crippen molar-refractivity contribution in [2.75, 3.05) is 11.9 Å². The molecule has 0 aliphatic carbocycles. The van der Waals surface area contributed by atoms with Crippen LogP contribution in [0.2, 0.25) is 10.0 Å². The molecule has 1 aromatic carbocycles. The maximum atomic E-state index is 12.5. The average Bonchev–Trinajstić information content (AvgIpc) is 2.50. The molecule has 0 bridgehead atoms. The molecule has 0 unspecified atom stereocenters. The van der Waals surface area contributed by atoms with E-state index in [1.54, 1.807) is 30.6 Å². The Bertz CT molecular complexity index is 703. The fourth-order valence-electron chi connectivity index (χ4n) is 2.39. The van der Waals surface area contributed by atoms with Crippen molar-refractivity contribution in [2.45, 2.75) is 13.0 Å². The molecule has 6 heteroatoms. The average molecular weight is 322 g/mol. The van der Waals surface area contributed by atoms with E-state index in [9.17, 15) is 4.79 Å². The van der Waals surface area contributed by atoms with Crippen molar-refractivity contribution in [2.24, 2.45) is 0 Å². The molecule has 0 fully saturated rings. The second-order valence-corrected chi connectivity index (χ2v) is 5.67. The largest absolute Gasteiger partial charge is 0.321 e. The van der Waals surface area contributed by atoms with E-state index >= 15 is 0 Å². The Kier molecular flexibility index (Phi) is 4.10. The first-order chi connectivity index (χ1) is 10.1. The minimum Gasteiger partial charge on any atom is -0.321 e. The van der Waals surface area contributed by atoms with Crippen molar-refractivity contribution in [3.8, 4) is 0 Å². The zero-order valence-corrected chi connectivity index (χ0v) is 12.6. The summed E-state index contributed by atoms with van der Waals surface area (Å²) in [6.45, 7) is 1.59. The highest BCUT2D eigenvalue weighted by Gasteiger charge is 2.18. The molecule has 1 aliphatic heterocycles. The Morgan fingerprint density at radius 3 is 3.00 bits per heavy atom. The molecular weight excluding hydrogens is 309 g/mol. The van der Waals surface area contributed by atoms with Gasteiger partial charge in [-0.2, -0.15) is 0 Å². The number of nitrogens with zero attached hydrogens (tertiary/aromatic N) is 1. The lowest BCUT2D eigenvalue weighted by Gasteiger charge is -2.19. The van der Waals surface area contributed by atoms with Gasteiger partial charge in [-0.15, -0.1) is 0 Å². The van der Waals surface area contributed by atoms with E-state index in [-0.39, 0.29) is 5.91 Å². The van der Waals surface area contributed by atoms with Gasteiger partial charge in [0.25, 0.3) is 5.91 Å². The Labute approximate surface area is 132 Å². The second kappa shape index (κ2) is 6.02. The molecule has 4 nitrogen and oxygen atoms in total. The van der Waals surface area contributed by atoms with E-state index in [4.69, 9.17) is 23.2 Å². The lowest BCUT2D eigenvalue weighted by Crippen LogP contribution is -2.27. The van der Waals surface area contributed by atoms with E-state index in [0.29, 0.717) is 21.3 Å². The number of hydrogen-bond donors (Lipinski definition) is 2. The maximum absolute atomic E-state index is 12.5. The van der Waals surface area contributed by atoms with Crippen molar-refractivity contribution in [3.63, 3.8) is 0 Å². The van der Waals surface area contributed by atoms with Crippen molar-refractivity contribution in [3.05, 3.63) is 57.3 Å². The molecule has 3 rings (SSSR count). The van der Waals surface area contributed by atoms with Gasteiger partial charge in [0.15, 0.2) is 0 Å². The van der Waals surface area contributed by atoms with Crippen LogP contribution in [-0.4, -0.2) is 17.4 Å². The number of fused-ring (bicyclic) bond motifs is 1. The molecule has 2 N–H and O–H groups in total. The molecule has 0 atom stereocenters. The molecule has 0 saturated carbocycles. The van der Waals surface area contributed by atoms with Crippen LogP contribution < -0.4 is 10.6 Å². The predicted molar refractivity (Wildman–Crippen MR) is 84.1 cm³/mol. The first-order valence-corrected chi connectivity index (χ1v) is 7.33. The van der Waals surface area contributed by atoms with Crippen molar-refractivity contribution in [1.82, 2.24) is 10.3 Å². The van der Waals surface area contributed by atoms with Crippen LogP contribution in [0.1, 0.15) is 21.5 Å². The van der Waals surface area contributed by atoms with Crippen LogP contribution in [0.5, 0.6) is 0 Å². The topological polar surface area (TPSA) is 54.0 Å². The summed E-state index contributed by atoms with van der Waals surface area (Å²) in [7, 11) is 0.